The Hall–Kier alpha value is -2.31. The van der Waals surface area contributed by atoms with E-state index in [9.17, 15) is 0 Å². The summed E-state index contributed by atoms with van der Waals surface area (Å²) in [5, 5.41) is 0. The van der Waals surface area contributed by atoms with E-state index in [-0.39, 0.29) is 6.04 Å². The number of ether oxygens (including phenoxy) is 1. The summed E-state index contributed by atoms with van der Waals surface area (Å²) in [5.41, 5.74) is 13.7. The Morgan fingerprint density at radius 3 is 2.46 bits per heavy atom. The van der Waals surface area contributed by atoms with Gasteiger partial charge in [0.05, 0.1) is 29.7 Å². The Kier molecular flexibility index (Phi) is 6.10. The van der Waals surface area contributed by atoms with Gasteiger partial charge in [-0.15, -0.1) is 0 Å². The third kappa shape index (κ3) is 3.66. The van der Waals surface area contributed by atoms with Gasteiger partial charge in [0.2, 0.25) is 0 Å². The van der Waals surface area contributed by atoms with Crippen molar-refractivity contribution in [2.75, 3.05) is 13.7 Å². The summed E-state index contributed by atoms with van der Waals surface area (Å²) in [6.45, 7) is 11.6. The highest BCUT2D eigenvalue weighted by Crippen LogP contribution is 2.30. The van der Waals surface area contributed by atoms with Gasteiger partial charge in [-0.2, -0.15) is 0 Å². The number of aromatic nitrogens is 4. The molecule has 0 fully saturated rings. The van der Waals surface area contributed by atoms with E-state index < -0.39 is 0 Å². The minimum Gasteiger partial charge on any atom is -0.383 e. The van der Waals surface area contributed by atoms with Crippen molar-refractivity contribution in [3.8, 4) is 11.3 Å². The van der Waals surface area contributed by atoms with Gasteiger partial charge in [-0.3, -0.25) is 4.98 Å². The Balaban J connectivity index is 2.21. The second-order valence-electron chi connectivity index (χ2n) is 7.66. The van der Waals surface area contributed by atoms with Gasteiger partial charge in [0.25, 0.3) is 0 Å². The molecule has 6 heteroatoms. The van der Waals surface area contributed by atoms with Crippen molar-refractivity contribution in [3.63, 3.8) is 0 Å². The van der Waals surface area contributed by atoms with E-state index in [0.717, 1.165) is 51.5 Å². The molecule has 0 aromatic carbocycles. The molecule has 0 saturated heterocycles. The SMILES string of the molecule is CCc1nc2c(nc1-c1ccc(C(C)C)nc1CN)c(C)cn2[C@@H](C)COC. The summed E-state index contributed by atoms with van der Waals surface area (Å²) in [4.78, 5) is 14.8. The molecule has 3 rings (SSSR count). The summed E-state index contributed by atoms with van der Waals surface area (Å²) in [5.74, 6) is 0.358. The number of fused-ring (bicyclic) bond motifs is 1. The maximum atomic E-state index is 6.04. The van der Waals surface area contributed by atoms with Crippen molar-refractivity contribution in [2.24, 2.45) is 5.73 Å². The van der Waals surface area contributed by atoms with Gasteiger partial charge in [-0.1, -0.05) is 20.8 Å². The summed E-state index contributed by atoms with van der Waals surface area (Å²) < 4.78 is 7.50. The molecule has 0 aliphatic carbocycles. The molecule has 6 nitrogen and oxygen atoms in total. The van der Waals surface area contributed by atoms with Gasteiger partial charge in [-0.25, -0.2) is 9.97 Å². The van der Waals surface area contributed by atoms with Crippen LogP contribution in [0.3, 0.4) is 0 Å². The first-order chi connectivity index (χ1) is 13.4. The van der Waals surface area contributed by atoms with Crippen molar-refractivity contribution in [1.29, 1.82) is 0 Å². The molecule has 0 aliphatic heterocycles. The Bertz CT molecular complexity index is 977. The van der Waals surface area contributed by atoms with E-state index in [4.69, 9.17) is 25.4 Å². The van der Waals surface area contributed by atoms with E-state index in [2.05, 4.69) is 57.5 Å². The number of methoxy groups -OCH3 is 1. The van der Waals surface area contributed by atoms with Crippen LogP contribution in [0, 0.1) is 6.92 Å². The topological polar surface area (TPSA) is 78.9 Å². The Labute approximate surface area is 167 Å². The number of hydrogen-bond acceptors (Lipinski definition) is 5. The van der Waals surface area contributed by atoms with E-state index in [1.807, 2.05) is 0 Å². The number of pyridine rings is 1. The highest BCUT2D eigenvalue weighted by Gasteiger charge is 2.19. The summed E-state index contributed by atoms with van der Waals surface area (Å²) >= 11 is 0. The van der Waals surface area contributed by atoms with Crippen LogP contribution in [0.2, 0.25) is 0 Å². The van der Waals surface area contributed by atoms with Crippen molar-refractivity contribution in [1.82, 2.24) is 19.5 Å². The van der Waals surface area contributed by atoms with Crippen molar-refractivity contribution >= 4 is 11.2 Å². The van der Waals surface area contributed by atoms with Gasteiger partial charge >= 0.3 is 0 Å². The van der Waals surface area contributed by atoms with Crippen molar-refractivity contribution in [3.05, 3.63) is 41.0 Å². The van der Waals surface area contributed by atoms with Crippen LogP contribution in [0.4, 0.5) is 0 Å². The molecule has 0 unspecified atom stereocenters. The van der Waals surface area contributed by atoms with Crippen LogP contribution in [0.5, 0.6) is 0 Å². The number of nitrogens with zero attached hydrogens (tertiary/aromatic N) is 4. The first-order valence-electron chi connectivity index (χ1n) is 9.98. The maximum Gasteiger partial charge on any atom is 0.159 e. The van der Waals surface area contributed by atoms with Crippen LogP contribution in [-0.2, 0) is 17.7 Å². The molecule has 3 aromatic rings. The lowest BCUT2D eigenvalue weighted by molar-refractivity contribution is 0.163. The van der Waals surface area contributed by atoms with Crippen molar-refractivity contribution in [2.45, 2.75) is 59.5 Å². The van der Waals surface area contributed by atoms with Crippen LogP contribution < -0.4 is 5.73 Å². The fourth-order valence-electron chi connectivity index (χ4n) is 3.57. The molecule has 28 heavy (non-hydrogen) atoms. The maximum absolute atomic E-state index is 6.04. The minimum atomic E-state index is 0.192. The smallest absolute Gasteiger partial charge is 0.159 e. The molecule has 0 spiro atoms. The van der Waals surface area contributed by atoms with Crippen LogP contribution in [0.1, 0.15) is 62.3 Å². The molecule has 0 saturated carbocycles. The monoisotopic (exact) mass is 381 g/mol. The molecule has 0 bridgehead atoms. The lowest BCUT2D eigenvalue weighted by Crippen LogP contribution is -2.12. The van der Waals surface area contributed by atoms with E-state index in [1.165, 1.54) is 0 Å². The Morgan fingerprint density at radius 1 is 1.11 bits per heavy atom. The van der Waals surface area contributed by atoms with Gasteiger partial charge in [-0.05, 0) is 43.9 Å². The molecular formula is C22H31N5O. The van der Waals surface area contributed by atoms with E-state index >= 15 is 0 Å². The number of nitrogens with two attached hydrogens (primary N) is 1. The molecule has 3 heterocycles. The summed E-state index contributed by atoms with van der Waals surface area (Å²) in [7, 11) is 1.72. The minimum absolute atomic E-state index is 0.192. The van der Waals surface area contributed by atoms with Gasteiger partial charge in [0.1, 0.15) is 5.52 Å². The zero-order chi connectivity index (χ0) is 20.4. The molecule has 0 aliphatic rings. The molecule has 3 aromatic heterocycles. The molecule has 150 valence electrons. The quantitative estimate of drug-likeness (QED) is 0.665. The lowest BCUT2D eigenvalue weighted by Gasteiger charge is -2.16. The fourth-order valence-corrected chi connectivity index (χ4v) is 3.57. The highest BCUT2D eigenvalue weighted by atomic mass is 16.5. The molecule has 1 atom stereocenters. The summed E-state index contributed by atoms with van der Waals surface area (Å²) in [6.07, 6.45) is 2.90. The van der Waals surface area contributed by atoms with E-state index in [0.29, 0.717) is 19.1 Å². The summed E-state index contributed by atoms with van der Waals surface area (Å²) in [6, 6.07) is 4.36. The van der Waals surface area contributed by atoms with Crippen LogP contribution >= 0.6 is 0 Å². The standard InChI is InChI=1S/C22H31N5O/c1-7-17-21(16-8-9-18(13(2)3)24-19(16)10-23)26-20-14(4)11-27(22(20)25-17)15(5)12-28-6/h8-9,11,13,15H,7,10,12,23H2,1-6H3/t15-/m0/s1. The normalized spacial score (nSPS) is 12.9. The van der Waals surface area contributed by atoms with Gasteiger partial charge in [0, 0.05) is 31.1 Å². The molecule has 0 amide bonds. The molecular weight excluding hydrogens is 350 g/mol. The second kappa shape index (κ2) is 8.37. The zero-order valence-corrected chi connectivity index (χ0v) is 17.8. The van der Waals surface area contributed by atoms with Gasteiger partial charge in [0.15, 0.2) is 5.65 Å². The fraction of sp³-hybridized carbons (Fsp3) is 0.500. The van der Waals surface area contributed by atoms with Crippen LogP contribution in [0.15, 0.2) is 18.3 Å². The zero-order valence-electron chi connectivity index (χ0n) is 17.8. The highest BCUT2D eigenvalue weighted by molar-refractivity contribution is 5.80. The molecule has 2 N–H and O–H groups in total. The lowest BCUT2D eigenvalue weighted by atomic mass is 10.0. The second-order valence-corrected chi connectivity index (χ2v) is 7.66. The van der Waals surface area contributed by atoms with E-state index in [1.54, 1.807) is 7.11 Å². The number of hydrogen-bond donors (Lipinski definition) is 1. The average molecular weight is 382 g/mol. The van der Waals surface area contributed by atoms with Crippen LogP contribution in [0.25, 0.3) is 22.4 Å². The number of rotatable bonds is 7. The third-order valence-corrected chi connectivity index (χ3v) is 5.15. The predicted molar refractivity (Wildman–Crippen MR) is 113 cm³/mol. The Morgan fingerprint density at radius 2 is 1.86 bits per heavy atom. The third-order valence-electron chi connectivity index (χ3n) is 5.15. The molecule has 0 radical (unpaired) electrons. The largest absolute Gasteiger partial charge is 0.383 e. The predicted octanol–water partition coefficient (Wildman–Crippen LogP) is 4.15. The first kappa shape index (κ1) is 20.4. The average Bonchev–Trinajstić information content (AvgIpc) is 3.02. The van der Waals surface area contributed by atoms with Gasteiger partial charge < -0.3 is 15.0 Å². The van der Waals surface area contributed by atoms with Crippen LogP contribution in [-0.4, -0.2) is 33.2 Å². The first-order valence-corrected chi connectivity index (χ1v) is 9.98. The number of aryl methyl sites for hydroxylation is 2. The van der Waals surface area contributed by atoms with Crippen molar-refractivity contribution < 1.29 is 4.74 Å².